The molecule has 2 heterocycles. The highest BCUT2D eigenvalue weighted by Crippen LogP contribution is 2.25. The van der Waals surface area contributed by atoms with E-state index >= 15 is 0 Å². The first-order valence-electron chi connectivity index (χ1n) is 6.88. The van der Waals surface area contributed by atoms with Crippen LogP contribution in [0, 0.1) is 0 Å². The van der Waals surface area contributed by atoms with Gasteiger partial charge in [-0.1, -0.05) is 28.9 Å². The predicted molar refractivity (Wildman–Crippen MR) is 78.8 cm³/mol. The molecular weight excluding hydrogens is 292 g/mol. The van der Waals surface area contributed by atoms with Crippen LogP contribution < -0.4 is 5.73 Å². The maximum atomic E-state index is 6.14. The molecule has 3 rings (SSSR count). The topological polar surface area (TPSA) is 77.4 Å². The third-order valence-corrected chi connectivity index (χ3v) is 3.76. The third-order valence-electron chi connectivity index (χ3n) is 3.43. The molecule has 1 aromatic heterocycles. The van der Waals surface area contributed by atoms with Crippen LogP contribution in [0.2, 0.25) is 5.02 Å². The predicted octanol–water partition coefficient (Wildman–Crippen LogP) is 1.55. The van der Waals surface area contributed by atoms with Crippen molar-refractivity contribution in [1.82, 2.24) is 15.0 Å². The first-order valence-corrected chi connectivity index (χ1v) is 7.25. The number of rotatable bonds is 4. The molecule has 0 spiro atoms. The fourth-order valence-corrected chi connectivity index (χ4v) is 2.55. The van der Waals surface area contributed by atoms with Gasteiger partial charge in [-0.3, -0.25) is 4.90 Å². The van der Waals surface area contributed by atoms with Gasteiger partial charge in [0.15, 0.2) is 0 Å². The maximum absolute atomic E-state index is 6.14. The largest absolute Gasteiger partial charge is 0.374 e. The van der Waals surface area contributed by atoms with Gasteiger partial charge in [-0.2, -0.15) is 4.98 Å². The van der Waals surface area contributed by atoms with Gasteiger partial charge in [-0.05, 0) is 12.1 Å². The fourth-order valence-electron chi connectivity index (χ4n) is 2.33. The summed E-state index contributed by atoms with van der Waals surface area (Å²) in [5, 5.41) is 4.61. The average molecular weight is 309 g/mol. The molecule has 0 amide bonds. The number of benzene rings is 1. The minimum Gasteiger partial charge on any atom is -0.374 e. The van der Waals surface area contributed by atoms with Crippen molar-refractivity contribution in [1.29, 1.82) is 0 Å². The van der Waals surface area contributed by atoms with Gasteiger partial charge >= 0.3 is 0 Å². The van der Waals surface area contributed by atoms with Crippen molar-refractivity contribution in [3.8, 4) is 11.4 Å². The van der Waals surface area contributed by atoms with E-state index in [9.17, 15) is 0 Å². The first kappa shape index (κ1) is 14.5. The Morgan fingerprint density at radius 1 is 1.38 bits per heavy atom. The number of nitrogens with two attached hydrogens (primary N) is 1. The monoisotopic (exact) mass is 308 g/mol. The van der Waals surface area contributed by atoms with E-state index in [2.05, 4.69) is 15.0 Å². The fraction of sp³-hybridized carbons (Fsp3) is 0.429. The smallest absolute Gasteiger partial charge is 0.241 e. The van der Waals surface area contributed by atoms with Crippen molar-refractivity contribution in [2.45, 2.75) is 12.6 Å². The maximum Gasteiger partial charge on any atom is 0.241 e. The molecule has 0 aliphatic carbocycles. The zero-order valence-electron chi connectivity index (χ0n) is 11.5. The lowest BCUT2D eigenvalue weighted by atomic mass is 10.2. The Kier molecular flexibility index (Phi) is 4.50. The summed E-state index contributed by atoms with van der Waals surface area (Å²) in [6.07, 6.45) is 0.0738. The van der Waals surface area contributed by atoms with E-state index in [4.69, 9.17) is 26.6 Å². The molecule has 1 aromatic carbocycles. The number of hydrogen-bond acceptors (Lipinski definition) is 6. The molecule has 1 fully saturated rings. The van der Waals surface area contributed by atoms with E-state index in [-0.39, 0.29) is 6.10 Å². The van der Waals surface area contributed by atoms with Gasteiger partial charge < -0.3 is 15.0 Å². The number of hydrogen-bond donors (Lipinski definition) is 1. The van der Waals surface area contributed by atoms with Crippen LogP contribution in [-0.2, 0) is 11.3 Å². The number of ether oxygens (including phenoxy) is 1. The van der Waals surface area contributed by atoms with Crippen molar-refractivity contribution in [2.75, 3.05) is 26.2 Å². The van der Waals surface area contributed by atoms with Crippen molar-refractivity contribution >= 4 is 11.6 Å². The lowest BCUT2D eigenvalue weighted by Gasteiger charge is -2.31. The molecule has 2 aromatic rings. The van der Waals surface area contributed by atoms with Crippen molar-refractivity contribution in [3.63, 3.8) is 0 Å². The van der Waals surface area contributed by atoms with Gasteiger partial charge in [0.2, 0.25) is 11.7 Å². The van der Waals surface area contributed by atoms with Gasteiger partial charge in [0.25, 0.3) is 0 Å². The first-order chi connectivity index (χ1) is 10.3. The molecule has 1 aliphatic heterocycles. The second-order valence-corrected chi connectivity index (χ2v) is 5.36. The quantitative estimate of drug-likeness (QED) is 0.923. The van der Waals surface area contributed by atoms with Gasteiger partial charge in [0.05, 0.1) is 24.3 Å². The molecular formula is C14H17ClN4O2. The number of nitrogens with zero attached hydrogens (tertiary/aromatic N) is 3. The molecule has 6 nitrogen and oxygen atoms in total. The van der Waals surface area contributed by atoms with Crippen LogP contribution in [0.15, 0.2) is 28.8 Å². The van der Waals surface area contributed by atoms with Crippen molar-refractivity contribution < 1.29 is 9.26 Å². The van der Waals surface area contributed by atoms with Gasteiger partial charge in [0.1, 0.15) is 0 Å². The van der Waals surface area contributed by atoms with Crippen LogP contribution in [0.25, 0.3) is 11.4 Å². The van der Waals surface area contributed by atoms with Gasteiger partial charge in [-0.25, -0.2) is 0 Å². The zero-order valence-corrected chi connectivity index (χ0v) is 12.3. The van der Waals surface area contributed by atoms with E-state index in [0.717, 1.165) is 18.7 Å². The zero-order chi connectivity index (χ0) is 14.7. The minimum atomic E-state index is 0.0738. The summed E-state index contributed by atoms with van der Waals surface area (Å²) in [6.45, 7) is 3.40. The summed E-state index contributed by atoms with van der Waals surface area (Å²) in [5.41, 5.74) is 6.41. The molecule has 1 aliphatic rings. The second-order valence-electron chi connectivity index (χ2n) is 4.96. The standard InChI is InChI=1S/C14H17ClN4O2/c15-12-4-2-1-3-11(12)14-17-13(21-18-14)9-19-5-6-20-10(7-16)8-19/h1-4,10H,5-9,16H2. The molecule has 2 N–H and O–H groups in total. The second kappa shape index (κ2) is 6.53. The van der Waals surface area contributed by atoms with E-state index < -0.39 is 0 Å². The molecule has 1 atom stereocenters. The van der Waals surface area contributed by atoms with Crippen LogP contribution in [0.1, 0.15) is 5.89 Å². The lowest BCUT2D eigenvalue weighted by molar-refractivity contribution is -0.0288. The number of halogens is 1. The van der Waals surface area contributed by atoms with Crippen LogP contribution in [0.5, 0.6) is 0 Å². The summed E-state index contributed by atoms with van der Waals surface area (Å²) < 4.78 is 10.8. The van der Waals surface area contributed by atoms with Crippen molar-refractivity contribution in [3.05, 3.63) is 35.2 Å². The third kappa shape index (κ3) is 3.41. The highest BCUT2D eigenvalue weighted by molar-refractivity contribution is 6.33. The summed E-state index contributed by atoms with van der Waals surface area (Å²) in [7, 11) is 0. The highest BCUT2D eigenvalue weighted by atomic mass is 35.5. The molecule has 112 valence electrons. The van der Waals surface area contributed by atoms with Gasteiger partial charge in [-0.15, -0.1) is 0 Å². The van der Waals surface area contributed by atoms with E-state index in [0.29, 0.717) is 36.4 Å². The average Bonchev–Trinajstić information content (AvgIpc) is 2.96. The molecule has 0 bridgehead atoms. The summed E-state index contributed by atoms with van der Waals surface area (Å²) in [5.74, 6) is 1.09. The van der Waals surface area contributed by atoms with Crippen LogP contribution in [-0.4, -0.2) is 47.4 Å². The summed E-state index contributed by atoms with van der Waals surface area (Å²) >= 11 is 6.14. The molecule has 0 saturated carbocycles. The number of aromatic nitrogens is 2. The van der Waals surface area contributed by atoms with Crippen LogP contribution >= 0.6 is 11.6 Å². The highest BCUT2D eigenvalue weighted by Gasteiger charge is 2.21. The normalized spacial score (nSPS) is 19.8. The summed E-state index contributed by atoms with van der Waals surface area (Å²) in [4.78, 5) is 6.61. The Morgan fingerprint density at radius 2 is 2.24 bits per heavy atom. The van der Waals surface area contributed by atoms with Crippen LogP contribution in [0.3, 0.4) is 0 Å². The molecule has 7 heteroatoms. The van der Waals surface area contributed by atoms with E-state index in [1.165, 1.54) is 0 Å². The van der Waals surface area contributed by atoms with E-state index in [1.54, 1.807) is 6.07 Å². The summed E-state index contributed by atoms with van der Waals surface area (Å²) in [6, 6.07) is 7.44. The lowest BCUT2D eigenvalue weighted by Crippen LogP contribution is -2.45. The SMILES string of the molecule is NCC1CN(Cc2nc(-c3ccccc3Cl)no2)CCO1. The Bertz CT molecular complexity index is 604. The Morgan fingerprint density at radius 3 is 3.05 bits per heavy atom. The molecule has 0 radical (unpaired) electrons. The molecule has 21 heavy (non-hydrogen) atoms. The van der Waals surface area contributed by atoms with E-state index in [1.807, 2.05) is 18.2 Å². The van der Waals surface area contributed by atoms with Gasteiger partial charge in [0, 0.05) is 25.2 Å². The molecule has 1 saturated heterocycles. The number of morpholine rings is 1. The molecule has 1 unspecified atom stereocenters. The van der Waals surface area contributed by atoms with Crippen molar-refractivity contribution in [2.24, 2.45) is 5.73 Å². The Hall–Kier alpha value is -1.47. The Balaban J connectivity index is 1.69. The minimum absolute atomic E-state index is 0.0738. The Labute approximate surface area is 127 Å². The van der Waals surface area contributed by atoms with Crippen LogP contribution in [0.4, 0.5) is 0 Å².